The molecule has 8 aliphatic rings. The Hall–Kier alpha value is -1.50. The van der Waals surface area contributed by atoms with E-state index in [1.54, 1.807) is 13.8 Å². The fraction of sp³-hybridized carbons (Fsp3) is 0.955. The van der Waals surface area contributed by atoms with Crippen molar-refractivity contribution >= 4 is 11.9 Å². The SMILES string of the molecule is CC(=O)O[C@H]1[C@@H](O[C@@H]2CC[C@]34C[C@]35CC[C@]3(C)[C@H]([C@]6(C)CC[C@@H](C(C)(C)O)O6)[C@@H](O)C[C@@]3(C)[C@@H]5C[C@H](O[C@@H]3OC[C@H](O)[C@H](O)[C@@H]3O)[C@@H]4C2(C)C)OC[C@@H](O)[C@H]1OC(C)=O. The maximum atomic E-state index is 12.3. The van der Waals surface area contributed by atoms with Gasteiger partial charge in [-0.3, -0.25) is 9.59 Å². The summed E-state index contributed by atoms with van der Waals surface area (Å²) < 4.78 is 43.5. The standard InChI is InChI=1S/C44H70O15/c1-21(45)55-32-25(49)19-54-37(33(32)56-22(2)46)58-28-11-13-44-20-43(44)15-14-40(7)34(42(9)12-10-29(59-42)39(5,6)52)23(47)17-41(40,8)27(43)16-26(35(44)38(28,3)4)57-36-31(51)30(50)24(48)18-53-36/h23-37,47-52H,10-20H2,1-9H3/t23-,24-,25+,26-,27-,28+,29-,30-,31-,32+,33+,34+,35+,36-,37+,40+,41-,42-,43-,44+/m0/s1. The largest absolute Gasteiger partial charge is 0.455 e. The molecule has 15 nitrogen and oxygen atoms in total. The Kier molecular flexibility index (Phi) is 10.9. The predicted octanol–water partition coefficient (Wildman–Crippen LogP) is 2.50. The first-order chi connectivity index (χ1) is 27.3. The zero-order valence-corrected chi connectivity index (χ0v) is 36.3. The van der Waals surface area contributed by atoms with E-state index in [1.165, 1.54) is 13.8 Å². The first kappa shape index (κ1) is 44.1. The highest BCUT2D eigenvalue weighted by atomic mass is 16.7. The molecule has 20 atom stereocenters. The summed E-state index contributed by atoms with van der Waals surface area (Å²) >= 11 is 0. The highest BCUT2D eigenvalue weighted by Crippen LogP contribution is 2.89. The van der Waals surface area contributed by atoms with Gasteiger partial charge in [0.05, 0.1) is 48.8 Å². The molecule has 3 heterocycles. The number of rotatable bonds is 8. The van der Waals surface area contributed by atoms with E-state index in [0.29, 0.717) is 25.7 Å². The molecule has 0 aromatic rings. The monoisotopic (exact) mass is 838 g/mol. The third-order valence-corrected chi connectivity index (χ3v) is 17.8. The number of fused-ring (bicyclic) bond motifs is 2. The molecule has 8 fully saturated rings. The van der Waals surface area contributed by atoms with E-state index in [9.17, 15) is 40.2 Å². The summed E-state index contributed by atoms with van der Waals surface area (Å²) in [6.07, 6.45) is -5.24. The summed E-state index contributed by atoms with van der Waals surface area (Å²) in [6.45, 7) is 16.7. The van der Waals surface area contributed by atoms with Gasteiger partial charge in [-0.15, -0.1) is 0 Å². The zero-order valence-electron chi connectivity index (χ0n) is 36.3. The van der Waals surface area contributed by atoms with Crippen LogP contribution in [0.3, 0.4) is 0 Å². The Morgan fingerprint density at radius 3 is 1.98 bits per heavy atom. The van der Waals surface area contributed by atoms with Crippen molar-refractivity contribution in [3.8, 4) is 0 Å². The van der Waals surface area contributed by atoms with Gasteiger partial charge in [-0.05, 0) is 117 Å². The Bertz CT molecular complexity index is 1630. The zero-order chi connectivity index (χ0) is 43.0. The van der Waals surface area contributed by atoms with Crippen molar-refractivity contribution in [3.63, 3.8) is 0 Å². The van der Waals surface area contributed by atoms with Crippen LogP contribution in [-0.2, 0) is 42.7 Å². The molecule has 5 aliphatic carbocycles. The van der Waals surface area contributed by atoms with Gasteiger partial charge < -0.3 is 63.8 Å². The van der Waals surface area contributed by atoms with Gasteiger partial charge >= 0.3 is 11.9 Å². The van der Waals surface area contributed by atoms with E-state index in [0.717, 1.165) is 32.1 Å². The van der Waals surface area contributed by atoms with Gasteiger partial charge in [0, 0.05) is 19.8 Å². The van der Waals surface area contributed by atoms with Crippen LogP contribution in [0.1, 0.15) is 120 Å². The summed E-state index contributed by atoms with van der Waals surface area (Å²) in [4.78, 5) is 24.4. The van der Waals surface area contributed by atoms with Crippen molar-refractivity contribution in [1.82, 2.24) is 0 Å². The second-order valence-electron chi connectivity index (χ2n) is 21.8. The topological polar surface area (TPSA) is 220 Å². The number of aliphatic hydroxyl groups is 6. The average molecular weight is 839 g/mol. The van der Waals surface area contributed by atoms with E-state index in [4.69, 9.17) is 33.2 Å². The number of hydrogen-bond donors (Lipinski definition) is 6. The first-order valence-corrected chi connectivity index (χ1v) is 22.0. The molecule has 0 amide bonds. The van der Waals surface area contributed by atoms with Crippen LogP contribution in [0, 0.1) is 44.8 Å². The van der Waals surface area contributed by atoms with Crippen molar-refractivity contribution in [2.24, 2.45) is 44.8 Å². The van der Waals surface area contributed by atoms with Gasteiger partial charge in [-0.1, -0.05) is 27.7 Å². The molecule has 0 aromatic heterocycles. The summed E-state index contributed by atoms with van der Waals surface area (Å²) in [5.41, 5.74) is -3.16. The van der Waals surface area contributed by atoms with Gasteiger partial charge in [-0.25, -0.2) is 0 Å². The number of aliphatic hydroxyl groups excluding tert-OH is 5. The third kappa shape index (κ3) is 6.60. The van der Waals surface area contributed by atoms with Gasteiger partial charge in [0.1, 0.15) is 24.4 Å². The van der Waals surface area contributed by atoms with Crippen LogP contribution in [0.25, 0.3) is 0 Å². The summed E-state index contributed by atoms with van der Waals surface area (Å²) in [5.74, 6) is -1.47. The molecular weight excluding hydrogens is 768 g/mol. The molecule has 336 valence electrons. The molecule has 0 unspecified atom stereocenters. The van der Waals surface area contributed by atoms with Crippen LogP contribution in [0.4, 0.5) is 0 Å². The van der Waals surface area contributed by atoms with Gasteiger partial charge in [0.25, 0.3) is 0 Å². The number of esters is 2. The van der Waals surface area contributed by atoms with Crippen LogP contribution in [0.15, 0.2) is 0 Å². The smallest absolute Gasteiger partial charge is 0.303 e. The second kappa shape index (κ2) is 14.5. The summed E-state index contributed by atoms with van der Waals surface area (Å²) in [6, 6.07) is 0. The first-order valence-electron chi connectivity index (χ1n) is 22.0. The quantitative estimate of drug-likeness (QED) is 0.153. The van der Waals surface area contributed by atoms with Gasteiger partial charge in [0.2, 0.25) is 0 Å². The molecule has 6 N–H and O–H groups in total. The number of ether oxygens (including phenoxy) is 7. The maximum absolute atomic E-state index is 12.3. The molecule has 5 saturated carbocycles. The van der Waals surface area contributed by atoms with E-state index in [1.807, 2.05) is 0 Å². The molecule has 3 aliphatic heterocycles. The molecule has 8 rings (SSSR count). The molecule has 0 bridgehead atoms. The van der Waals surface area contributed by atoms with E-state index < -0.39 is 96.1 Å². The molecule has 2 spiro atoms. The Morgan fingerprint density at radius 2 is 1.34 bits per heavy atom. The molecule has 3 saturated heterocycles. The molecule has 0 radical (unpaired) electrons. The maximum Gasteiger partial charge on any atom is 0.303 e. The van der Waals surface area contributed by atoms with Crippen LogP contribution in [0.2, 0.25) is 0 Å². The Morgan fingerprint density at radius 1 is 0.695 bits per heavy atom. The van der Waals surface area contributed by atoms with Gasteiger partial charge in [0.15, 0.2) is 24.8 Å². The van der Waals surface area contributed by atoms with Gasteiger partial charge in [-0.2, -0.15) is 0 Å². The second-order valence-corrected chi connectivity index (χ2v) is 21.8. The average Bonchev–Trinajstić information content (AvgIpc) is 3.49. The molecule has 59 heavy (non-hydrogen) atoms. The normalized spacial score (nSPS) is 54.0. The Balaban J connectivity index is 1.13. The molecular formula is C44H70O15. The number of carbonyl (C=O) groups excluding carboxylic acids is 2. The minimum atomic E-state index is -1.49. The predicted molar refractivity (Wildman–Crippen MR) is 207 cm³/mol. The van der Waals surface area contributed by atoms with E-state index in [-0.39, 0.29) is 58.7 Å². The molecule has 0 aromatic carbocycles. The van der Waals surface area contributed by atoms with Crippen molar-refractivity contribution in [3.05, 3.63) is 0 Å². The van der Waals surface area contributed by atoms with Crippen LogP contribution < -0.4 is 0 Å². The lowest BCUT2D eigenvalue weighted by Crippen LogP contribution is -2.65. The lowest BCUT2D eigenvalue weighted by molar-refractivity contribution is -0.327. The third-order valence-electron chi connectivity index (χ3n) is 17.8. The van der Waals surface area contributed by atoms with Crippen molar-refractivity contribution in [2.45, 2.75) is 205 Å². The number of hydrogen-bond acceptors (Lipinski definition) is 15. The summed E-state index contributed by atoms with van der Waals surface area (Å²) in [7, 11) is 0. The van der Waals surface area contributed by atoms with Crippen LogP contribution >= 0.6 is 0 Å². The highest BCUT2D eigenvalue weighted by Gasteiger charge is 2.85. The fourth-order valence-electron chi connectivity index (χ4n) is 15.2. The van der Waals surface area contributed by atoms with Crippen molar-refractivity contribution < 1.29 is 73.4 Å². The highest BCUT2D eigenvalue weighted by molar-refractivity contribution is 5.67. The lowest BCUT2D eigenvalue weighted by Gasteiger charge is -2.65. The van der Waals surface area contributed by atoms with Crippen LogP contribution in [0.5, 0.6) is 0 Å². The van der Waals surface area contributed by atoms with Crippen molar-refractivity contribution in [1.29, 1.82) is 0 Å². The molecule has 15 heteroatoms. The van der Waals surface area contributed by atoms with E-state index in [2.05, 4.69) is 34.6 Å². The Labute approximate surface area is 347 Å². The van der Waals surface area contributed by atoms with Crippen molar-refractivity contribution in [2.75, 3.05) is 13.2 Å². The lowest BCUT2D eigenvalue weighted by atomic mass is 9.41. The van der Waals surface area contributed by atoms with E-state index >= 15 is 0 Å². The number of carbonyl (C=O) groups is 2. The summed E-state index contributed by atoms with van der Waals surface area (Å²) in [5, 5.41) is 66.3. The minimum absolute atomic E-state index is 0.0659. The minimum Gasteiger partial charge on any atom is -0.455 e. The van der Waals surface area contributed by atoms with Crippen LogP contribution in [-0.4, -0.2) is 141 Å². The fourth-order valence-corrected chi connectivity index (χ4v) is 15.2.